The minimum absolute atomic E-state index is 0.0409. The third kappa shape index (κ3) is 5.05. The van der Waals surface area contributed by atoms with E-state index >= 15 is 0 Å². The van der Waals surface area contributed by atoms with Gasteiger partial charge >= 0.3 is 10.1 Å². The van der Waals surface area contributed by atoms with Gasteiger partial charge in [0.15, 0.2) is 11.5 Å². The number of rotatable bonds is 7. The second-order valence-electron chi connectivity index (χ2n) is 8.57. The Bertz CT molecular complexity index is 1290. The van der Waals surface area contributed by atoms with E-state index in [9.17, 15) is 21.6 Å². The van der Waals surface area contributed by atoms with E-state index in [4.69, 9.17) is 8.37 Å². The van der Waals surface area contributed by atoms with Gasteiger partial charge in [-0.25, -0.2) is 0 Å². The highest BCUT2D eigenvalue weighted by Crippen LogP contribution is 2.42. The zero-order chi connectivity index (χ0) is 23.8. The lowest BCUT2D eigenvalue weighted by molar-refractivity contribution is -0.116. The topological polar surface area (TPSA) is 104 Å². The summed E-state index contributed by atoms with van der Waals surface area (Å²) in [5.74, 6) is -0.989. The normalized spacial score (nSPS) is 21.6. The first-order valence-electron chi connectivity index (χ1n) is 10.8. The quantitative estimate of drug-likeness (QED) is 0.536. The predicted molar refractivity (Wildman–Crippen MR) is 121 cm³/mol. The van der Waals surface area contributed by atoms with Gasteiger partial charge in [0.25, 0.3) is 10.1 Å². The predicted octanol–water partition coefficient (Wildman–Crippen LogP) is 4.20. The number of hydrogen-bond acceptors (Lipinski definition) is 7. The maximum Gasteiger partial charge on any atom is 0.339 e. The van der Waals surface area contributed by atoms with Gasteiger partial charge in [0.05, 0.1) is 11.0 Å². The van der Waals surface area contributed by atoms with Gasteiger partial charge in [-0.3, -0.25) is 8.98 Å². The number of carbonyl (C=O) groups is 1. The molecule has 2 aromatic carbocycles. The van der Waals surface area contributed by atoms with Gasteiger partial charge in [-0.05, 0) is 62.9 Å². The van der Waals surface area contributed by atoms with Crippen molar-refractivity contribution in [3.05, 3.63) is 71.0 Å². The highest BCUT2D eigenvalue weighted by Gasteiger charge is 2.41. The molecule has 9 heteroatoms. The molecule has 2 atom stereocenters. The van der Waals surface area contributed by atoms with E-state index in [2.05, 4.69) is 0 Å². The zero-order valence-electron chi connectivity index (χ0n) is 18.5. The number of benzene rings is 2. The minimum Gasteiger partial charge on any atom is -0.375 e. The Morgan fingerprint density at radius 2 is 1.30 bits per heavy atom. The van der Waals surface area contributed by atoms with Crippen molar-refractivity contribution >= 4 is 26.0 Å². The molecule has 2 aliphatic rings. The Hall–Kier alpha value is -2.49. The fourth-order valence-electron chi connectivity index (χ4n) is 4.33. The van der Waals surface area contributed by atoms with E-state index in [1.165, 1.54) is 24.3 Å². The molecule has 0 spiro atoms. The lowest BCUT2D eigenvalue weighted by Gasteiger charge is -2.22. The van der Waals surface area contributed by atoms with Crippen LogP contribution in [0.3, 0.4) is 0 Å². The van der Waals surface area contributed by atoms with E-state index in [0.29, 0.717) is 31.3 Å². The summed E-state index contributed by atoms with van der Waals surface area (Å²) in [6, 6.07) is 12.5. The Morgan fingerprint density at radius 1 is 0.758 bits per heavy atom. The average molecular weight is 491 g/mol. The summed E-state index contributed by atoms with van der Waals surface area (Å²) < 4.78 is 62.1. The number of allylic oxidation sites excluding steroid dienone is 1. The molecule has 1 saturated carbocycles. The molecule has 0 aromatic heterocycles. The van der Waals surface area contributed by atoms with Crippen molar-refractivity contribution in [2.24, 2.45) is 5.92 Å². The molecule has 0 radical (unpaired) electrons. The molecule has 176 valence electrons. The molecule has 0 unspecified atom stereocenters. The van der Waals surface area contributed by atoms with Crippen LogP contribution in [0.4, 0.5) is 0 Å². The Kier molecular flexibility index (Phi) is 6.48. The van der Waals surface area contributed by atoms with E-state index in [1.54, 1.807) is 24.3 Å². The first-order valence-corrected chi connectivity index (χ1v) is 13.7. The van der Waals surface area contributed by atoms with E-state index in [0.717, 1.165) is 11.1 Å². The maximum atomic E-state index is 12.8. The zero-order valence-corrected chi connectivity index (χ0v) is 20.1. The molecular formula is C24H26O7S2. The SMILES string of the molecule is Cc1ccc(S(=O)(=O)OC2=C([C@@H]3CCC[C@H]3OS(=O)(=O)c3ccc(C)cc3)CCC2=O)cc1. The van der Waals surface area contributed by atoms with Crippen LogP contribution in [0, 0.1) is 19.8 Å². The Balaban J connectivity index is 1.60. The van der Waals surface area contributed by atoms with Crippen molar-refractivity contribution in [1.82, 2.24) is 0 Å². The third-order valence-corrected chi connectivity index (χ3v) is 8.71. The van der Waals surface area contributed by atoms with Gasteiger partial charge in [0.1, 0.15) is 4.90 Å². The molecule has 7 nitrogen and oxygen atoms in total. The molecule has 1 fully saturated rings. The highest BCUT2D eigenvalue weighted by molar-refractivity contribution is 7.87. The number of carbonyl (C=O) groups excluding carboxylic acids is 1. The molecule has 0 heterocycles. The van der Waals surface area contributed by atoms with Gasteiger partial charge in [-0.2, -0.15) is 16.8 Å². The van der Waals surface area contributed by atoms with Gasteiger partial charge in [-0.1, -0.05) is 41.8 Å². The van der Waals surface area contributed by atoms with Crippen molar-refractivity contribution in [1.29, 1.82) is 0 Å². The van der Waals surface area contributed by atoms with Crippen LogP contribution in [-0.4, -0.2) is 28.7 Å². The number of aryl methyl sites for hydroxylation is 2. The lowest BCUT2D eigenvalue weighted by atomic mass is 9.94. The second kappa shape index (κ2) is 9.04. The van der Waals surface area contributed by atoms with Crippen molar-refractivity contribution < 1.29 is 30.0 Å². The average Bonchev–Trinajstić information content (AvgIpc) is 3.34. The molecule has 0 aliphatic heterocycles. The number of ketones is 1. The molecule has 0 N–H and O–H groups in total. The smallest absolute Gasteiger partial charge is 0.339 e. The van der Waals surface area contributed by atoms with E-state index in [1.807, 2.05) is 13.8 Å². The summed E-state index contributed by atoms with van der Waals surface area (Å²) in [6.07, 6.45) is 1.56. The minimum atomic E-state index is -4.19. The van der Waals surface area contributed by atoms with Crippen molar-refractivity contribution in [2.75, 3.05) is 0 Å². The summed E-state index contributed by atoms with van der Waals surface area (Å²) in [4.78, 5) is 12.6. The van der Waals surface area contributed by atoms with Crippen LogP contribution in [0.1, 0.15) is 43.2 Å². The molecular weight excluding hydrogens is 464 g/mol. The Labute approximate surface area is 194 Å². The van der Waals surface area contributed by atoms with Crippen LogP contribution in [0.25, 0.3) is 0 Å². The highest BCUT2D eigenvalue weighted by atomic mass is 32.2. The molecule has 4 rings (SSSR count). The molecule has 0 bridgehead atoms. The third-order valence-electron chi connectivity index (χ3n) is 6.13. The summed E-state index contributed by atoms with van der Waals surface area (Å²) >= 11 is 0. The molecule has 0 saturated heterocycles. The van der Waals surface area contributed by atoms with Crippen LogP contribution in [0.2, 0.25) is 0 Å². The van der Waals surface area contributed by atoms with Crippen molar-refractivity contribution in [3.63, 3.8) is 0 Å². The fraction of sp³-hybridized carbons (Fsp3) is 0.375. The summed E-state index contributed by atoms with van der Waals surface area (Å²) in [5, 5.41) is 0. The fourth-order valence-corrected chi connectivity index (χ4v) is 6.46. The van der Waals surface area contributed by atoms with Crippen LogP contribution < -0.4 is 0 Å². The van der Waals surface area contributed by atoms with Gasteiger partial charge in [-0.15, -0.1) is 0 Å². The second-order valence-corrected chi connectivity index (χ2v) is 11.7. The molecule has 2 aliphatic carbocycles. The molecule has 2 aromatic rings. The Morgan fingerprint density at radius 3 is 1.88 bits per heavy atom. The summed E-state index contributed by atoms with van der Waals surface area (Å²) in [5.41, 5.74) is 2.35. The maximum absolute atomic E-state index is 12.8. The first kappa shape index (κ1) is 23.7. The molecule has 33 heavy (non-hydrogen) atoms. The van der Waals surface area contributed by atoms with E-state index in [-0.39, 0.29) is 22.0 Å². The van der Waals surface area contributed by atoms with Gasteiger partial charge in [0.2, 0.25) is 0 Å². The van der Waals surface area contributed by atoms with Crippen molar-refractivity contribution in [3.8, 4) is 0 Å². The number of Topliss-reactive ketones (excluding diaryl/α,β-unsaturated/α-hetero) is 1. The van der Waals surface area contributed by atoms with Crippen molar-refractivity contribution in [2.45, 2.75) is 61.8 Å². The first-order chi connectivity index (χ1) is 15.6. The summed E-state index contributed by atoms with van der Waals surface area (Å²) in [7, 11) is -8.20. The van der Waals surface area contributed by atoms with Crippen LogP contribution in [0.15, 0.2) is 69.7 Å². The van der Waals surface area contributed by atoms with Crippen LogP contribution >= 0.6 is 0 Å². The van der Waals surface area contributed by atoms with E-state index < -0.39 is 38.0 Å². The largest absolute Gasteiger partial charge is 0.375 e. The molecule has 0 amide bonds. The number of hydrogen-bond donors (Lipinski definition) is 0. The lowest BCUT2D eigenvalue weighted by Crippen LogP contribution is -2.24. The summed E-state index contributed by atoms with van der Waals surface area (Å²) in [6.45, 7) is 3.70. The van der Waals surface area contributed by atoms with Gasteiger partial charge < -0.3 is 4.18 Å². The van der Waals surface area contributed by atoms with Crippen LogP contribution in [-0.2, 0) is 33.4 Å². The standard InChI is InChI=1S/C24H26O7S2/c1-16-6-10-18(11-7-16)32(26,27)30-23-5-3-4-20(23)21-14-15-22(25)24(21)31-33(28,29)19-12-8-17(2)9-13-19/h6-13,20,23H,3-5,14-15H2,1-2H3/t20-,23+/m0/s1. The monoisotopic (exact) mass is 490 g/mol. The van der Waals surface area contributed by atoms with Crippen LogP contribution in [0.5, 0.6) is 0 Å². The van der Waals surface area contributed by atoms with Gasteiger partial charge in [0, 0.05) is 12.3 Å².